The Hall–Kier alpha value is -1.07. The van der Waals surface area contributed by atoms with Crippen molar-refractivity contribution >= 4 is 39.9 Å². The minimum absolute atomic E-state index is 0. The molecule has 1 aliphatic rings. The van der Waals surface area contributed by atoms with Gasteiger partial charge in [0.2, 0.25) is 15.9 Å². The Morgan fingerprint density at radius 3 is 2.62 bits per heavy atom. The van der Waals surface area contributed by atoms with E-state index in [-0.39, 0.29) is 37.3 Å². The predicted molar refractivity (Wildman–Crippen MR) is 92.9 cm³/mol. The van der Waals surface area contributed by atoms with Gasteiger partial charge in [-0.2, -0.15) is 13.2 Å². The first kappa shape index (κ1) is 23.0. The fourth-order valence-corrected chi connectivity index (χ4v) is 3.63. The van der Waals surface area contributed by atoms with E-state index in [1.807, 2.05) is 0 Å². The van der Waals surface area contributed by atoms with Gasteiger partial charge in [0.05, 0.1) is 15.5 Å². The van der Waals surface area contributed by atoms with Crippen molar-refractivity contribution in [3.8, 4) is 0 Å². The number of alkyl halides is 3. The van der Waals surface area contributed by atoms with E-state index in [0.717, 1.165) is 25.1 Å². The SMILES string of the molecule is Cl.O=C(CCNS(=O)(=O)c1ccc(Cl)c(C(F)(F)F)c1)NC1CCNC1. The summed E-state index contributed by atoms with van der Waals surface area (Å²) in [6, 6.07) is 2.33. The Morgan fingerprint density at radius 2 is 2.04 bits per heavy atom. The van der Waals surface area contributed by atoms with Gasteiger partial charge in [0, 0.05) is 25.6 Å². The Balaban J connectivity index is 0.00000338. The van der Waals surface area contributed by atoms with Crippen molar-refractivity contribution in [1.82, 2.24) is 15.4 Å². The fraction of sp³-hybridized carbons (Fsp3) is 0.500. The van der Waals surface area contributed by atoms with E-state index in [9.17, 15) is 26.4 Å². The average molecular weight is 436 g/mol. The lowest BCUT2D eigenvalue weighted by atomic mass is 10.2. The number of sulfonamides is 1. The van der Waals surface area contributed by atoms with E-state index in [4.69, 9.17) is 11.6 Å². The lowest BCUT2D eigenvalue weighted by molar-refractivity contribution is -0.137. The quantitative estimate of drug-likeness (QED) is 0.636. The van der Waals surface area contributed by atoms with Crippen molar-refractivity contribution < 1.29 is 26.4 Å². The summed E-state index contributed by atoms with van der Waals surface area (Å²) in [4.78, 5) is 11.1. The van der Waals surface area contributed by atoms with E-state index >= 15 is 0 Å². The number of carbonyl (C=O) groups excluding carboxylic acids is 1. The molecular formula is C14H18Cl2F3N3O3S. The Labute approximate surface area is 160 Å². The maximum atomic E-state index is 12.8. The van der Waals surface area contributed by atoms with Crippen molar-refractivity contribution in [1.29, 1.82) is 0 Å². The molecule has 6 nitrogen and oxygen atoms in total. The van der Waals surface area contributed by atoms with Gasteiger partial charge in [-0.3, -0.25) is 4.79 Å². The summed E-state index contributed by atoms with van der Waals surface area (Å²) in [5, 5.41) is 5.22. The van der Waals surface area contributed by atoms with Crippen LogP contribution in [0.3, 0.4) is 0 Å². The second kappa shape index (κ2) is 9.23. The van der Waals surface area contributed by atoms with Crippen LogP contribution in [0.15, 0.2) is 23.1 Å². The molecule has 1 atom stereocenters. The predicted octanol–water partition coefficient (Wildman–Crippen LogP) is 1.93. The molecule has 0 radical (unpaired) electrons. The molecule has 1 aromatic carbocycles. The molecule has 148 valence electrons. The van der Waals surface area contributed by atoms with Crippen LogP contribution in [-0.4, -0.2) is 40.0 Å². The molecular weight excluding hydrogens is 418 g/mol. The van der Waals surface area contributed by atoms with Crippen molar-refractivity contribution in [2.75, 3.05) is 19.6 Å². The standard InChI is InChI=1S/C14H17ClF3N3O3S.ClH/c15-12-2-1-10(7-11(12)14(16,17)18)25(23,24)20-6-4-13(22)21-9-3-5-19-8-9;/h1-2,7,9,19-20H,3-6,8H2,(H,21,22);1H. The van der Waals surface area contributed by atoms with E-state index in [1.54, 1.807) is 0 Å². The molecule has 1 fully saturated rings. The molecule has 1 saturated heterocycles. The van der Waals surface area contributed by atoms with Gasteiger partial charge in [-0.15, -0.1) is 12.4 Å². The third-order valence-corrected chi connectivity index (χ3v) is 5.41. The van der Waals surface area contributed by atoms with Crippen molar-refractivity contribution in [2.24, 2.45) is 0 Å². The molecule has 0 saturated carbocycles. The third kappa shape index (κ3) is 6.27. The highest BCUT2D eigenvalue weighted by Gasteiger charge is 2.34. The molecule has 1 unspecified atom stereocenters. The summed E-state index contributed by atoms with van der Waals surface area (Å²) in [5.74, 6) is -0.330. The first-order chi connectivity index (χ1) is 11.6. The topological polar surface area (TPSA) is 87.3 Å². The molecule has 3 N–H and O–H groups in total. The van der Waals surface area contributed by atoms with Crippen LogP contribution in [0.2, 0.25) is 5.02 Å². The fourth-order valence-electron chi connectivity index (χ4n) is 2.35. The zero-order chi connectivity index (χ0) is 18.7. The Morgan fingerprint density at radius 1 is 1.35 bits per heavy atom. The van der Waals surface area contributed by atoms with Crippen LogP contribution in [0.5, 0.6) is 0 Å². The highest BCUT2D eigenvalue weighted by molar-refractivity contribution is 7.89. The van der Waals surface area contributed by atoms with Gasteiger partial charge in [0.1, 0.15) is 0 Å². The molecule has 1 heterocycles. The second-order valence-electron chi connectivity index (χ2n) is 5.54. The van der Waals surface area contributed by atoms with Gasteiger partial charge in [0.15, 0.2) is 0 Å². The van der Waals surface area contributed by atoms with Crippen LogP contribution < -0.4 is 15.4 Å². The monoisotopic (exact) mass is 435 g/mol. The van der Waals surface area contributed by atoms with Crippen LogP contribution >= 0.6 is 24.0 Å². The van der Waals surface area contributed by atoms with Gasteiger partial charge in [-0.1, -0.05) is 11.6 Å². The van der Waals surface area contributed by atoms with Crippen LogP contribution in [-0.2, 0) is 21.0 Å². The Kier molecular flexibility index (Phi) is 8.15. The number of carbonyl (C=O) groups is 1. The highest BCUT2D eigenvalue weighted by Crippen LogP contribution is 2.35. The van der Waals surface area contributed by atoms with Gasteiger partial charge >= 0.3 is 6.18 Å². The number of nitrogens with one attached hydrogen (secondary N) is 3. The molecule has 1 aliphatic heterocycles. The average Bonchev–Trinajstić information content (AvgIpc) is 2.98. The first-order valence-corrected chi connectivity index (χ1v) is 9.32. The highest BCUT2D eigenvalue weighted by atomic mass is 35.5. The number of hydrogen-bond donors (Lipinski definition) is 3. The van der Waals surface area contributed by atoms with Gasteiger partial charge in [-0.05, 0) is 31.2 Å². The minimum atomic E-state index is -4.77. The maximum absolute atomic E-state index is 12.8. The van der Waals surface area contributed by atoms with Gasteiger partial charge in [-0.25, -0.2) is 13.1 Å². The number of hydrogen-bond acceptors (Lipinski definition) is 4. The Bertz CT molecular complexity index is 739. The molecule has 26 heavy (non-hydrogen) atoms. The number of amides is 1. The summed E-state index contributed by atoms with van der Waals surface area (Å²) >= 11 is 5.46. The molecule has 1 aromatic rings. The molecule has 0 bridgehead atoms. The van der Waals surface area contributed by atoms with Crippen molar-refractivity contribution in [3.05, 3.63) is 28.8 Å². The largest absolute Gasteiger partial charge is 0.417 e. The summed E-state index contributed by atoms with van der Waals surface area (Å²) in [7, 11) is -4.18. The zero-order valence-corrected chi connectivity index (χ0v) is 15.8. The molecule has 1 amide bonds. The summed E-state index contributed by atoms with van der Waals surface area (Å²) in [5.41, 5.74) is -1.23. The van der Waals surface area contributed by atoms with Crippen LogP contribution in [0.1, 0.15) is 18.4 Å². The van der Waals surface area contributed by atoms with Gasteiger partial charge in [0.25, 0.3) is 0 Å². The second-order valence-corrected chi connectivity index (χ2v) is 7.72. The van der Waals surface area contributed by atoms with Crippen LogP contribution in [0.25, 0.3) is 0 Å². The smallest absolute Gasteiger partial charge is 0.352 e. The lowest BCUT2D eigenvalue weighted by Gasteiger charge is -2.13. The van der Waals surface area contributed by atoms with E-state index < -0.39 is 31.7 Å². The van der Waals surface area contributed by atoms with Crippen molar-refractivity contribution in [2.45, 2.75) is 30.0 Å². The number of halogens is 5. The lowest BCUT2D eigenvalue weighted by Crippen LogP contribution is -2.38. The van der Waals surface area contributed by atoms with Gasteiger partial charge < -0.3 is 10.6 Å². The van der Waals surface area contributed by atoms with Crippen LogP contribution in [0.4, 0.5) is 13.2 Å². The first-order valence-electron chi connectivity index (χ1n) is 7.46. The third-order valence-electron chi connectivity index (χ3n) is 3.62. The van der Waals surface area contributed by atoms with Crippen molar-refractivity contribution in [3.63, 3.8) is 0 Å². The van der Waals surface area contributed by atoms with E-state index in [1.165, 1.54) is 0 Å². The van der Waals surface area contributed by atoms with Crippen LogP contribution in [0, 0.1) is 0 Å². The maximum Gasteiger partial charge on any atom is 0.417 e. The summed E-state index contributed by atoms with van der Waals surface area (Å²) < 4.78 is 64.7. The minimum Gasteiger partial charge on any atom is -0.352 e. The molecule has 2 rings (SSSR count). The summed E-state index contributed by atoms with van der Waals surface area (Å²) in [6.45, 7) is 1.23. The van der Waals surface area contributed by atoms with E-state index in [0.29, 0.717) is 12.6 Å². The normalized spacial score (nSPS) is 17.6. The molecule has 0 aromatic heterocycles. The number of rotatable bonds is 6. The van der Waals surface area contributed by atoms with E-state index in [2.05, 4.69) is 15.4 Å². The molecule has 0 spiro atoms. The summed E-state index contributed by atoms with van der Waals surface area (Å²) in [6.07, 6.45) is -4.09. The molecule has 12 heteroatoms. The number of benzene rings is 1. The molecule has 0 aliphatic carbocycles. The zero-order valence-electron chi connectivity index (χ0n) is 13.4.